The summed E-state index contributed by atoms with van der Waals surface area (Å²) in [4.78, 5) is 17.0. The summed E-state index contributed by atoms with van der Waals surface area (Å²) in [6.07, 6.45) is 0.291. The zero-order valence-electron chi connectivity index (χ0n) is 14.7. The second-order valence-corrected chi connectivity index (χ2v) is 7.13. The molecule has 1 aliphatic rings. The number of fused-ring (bicyclic) bond motifs is 1. The molecule has 1 atom stereocenters. The first-order valence-electron chi connectivity index (χ1n) is 8.24. The molecule has 0 aliphatic carbocycles. The third-order valence-corrected chi connectivity index (χ3v) is 5.50. The van der Waals surface area contributed by atoms with Gasteiger partial charge in [0.15, 0.2) is 22.5 Å². The van der Waals surface area contributed by atoms with E-state index in [4.69, 9.17) is 9.47 Å². The fourth-order valence-corrected chi connectivity index (χ4v) is 4.06. The first-order chi connectivity index (χ1) is 13.1. The SMILES string of the molecule is COc1ccc([C@H]2CC(=O)n3nc(-c4ccc(F)cc4)nc3S2)cc1OC. The first-order valence-corrected chi connectivity index (χ1v) is 9.12. The lowest BCUT2D eigenvalue weighted by Gasteiger charge is -2.21. The maximum atomic E-state index is 13.1. The molecule has 2 heterocycles. The summed E-state index contributed by atoms with van der Waals surface area (Å²) in [6, 6.07) is 11.5. The van der Waals surface area contributed by atoms with Crippen LogP contribution in [0.3, 0.4) is 0 Å². The first kappa shape index (κ1) is 17.5. The van der Waals surface area contributed by atoms with Crippen molar-refractivity contribution in [3.8, 4) is 22.9 Å². The number of carbonyl (C=O) groups is 1. The summed E-state index contributed by atoms with van der Waals surface area (Å²) >= 11 is 1.46. The molecule has 0 fully saturated rings. The van der Waals surface area contributed by atoms with Crippen molar-refractivity contribution in [1.29, 1.82) is 0 Å². The molecule has 4 rings (SSSR count). The third-order valence-electron chi connectivity index (χ3n) is 4.30. The van der Waals surface area contributed by atoms with Crippen LogP contribution in [0.25, 0.3) is 11.4 Å². The van der Waals surface area contributed by atoms with Gasteiger partial charge < -0.3 is 9.47 Å². The number of aromatic nitrogens is 3. The van der Waals surface area contributed by atoms with E-state index in [1.807, 2.05) is 18.2 Å². The molecule has 6 nitrogen and oxygen atoms in total. The number of methoxy groups -OCH3 is 2. The smallest absolute Gasteiger partial charge is 0.250 e. The molecule has 1 aliphatic heterocycles. The second kappa shape index (κ2) is 7.03. The molecular weight excluding hydrogens is 369 g/mol. The fourth-order valence-electron chi connectivity index (χ4n) is 2.91. The van der Waals surface area contributed by atoms with E-state index < -0.39 is 0 Å². The van der Waals surface area contributed by atoms with Crippen molar-refractivity contribution in [1.82, 2.24) is 14.8 Å². The predicted molar refractivity (Wildman–Crippen MR) is 98.8 cm³/mol. The van der Waals surface area contributed by atoms with Gasteiger partial charge in [0.2, 0.25) is 0 Å². The molecule has 0 amide bonds. The second-order valence-electron chi connectivity index (χ2n) is 5.96. The summed E-state index contributed by atoms with van der Waals surface area (Å²) < 4.78 is 25.1. The highest BCUT2D eigenvalue weighted by Crippen LogP contribution is 2.43. The molecule has 0 unspecified atom stereocenters. The molecule has 8 heteroatoms. The van der Waals surface area contributed by atoms with E-state index in [1.165, 1.54) is 28.6 Å². The number of halogens is 1. The van der Waals surface area contributed by atoms with Crippen LogP contribution < -0.4 is 9.47 Å². The van der Waals surface area contributed by atoms with Crippen LogP contribution in [-0.4, -0.2) is 34.9 Å². The Bertz CT molecular complexity index is 1000. The zero-order chi connectivity index (χ0) is 19.0. The molecular formula is C19H16FN3O3S. The molecule has 0 saturated carbocycles. The highest BCUT2D eigenvalue weighted by molar-refractivity contribution is 7.99. The number of rotatable bonds is 4. The van der Waals surface area contributed by atoms with Gasteiger partial charge in [-0.2, -0.15) is 4.68 Å². The lowest BCUT2D eigenvalue weighted by atomic mass is 10.1. The average molecular weight is 385 g/mol. The Morgan fingerprint density at radius 1 is 1.11 bits per heavy atom. The number of hydrogen-bond donors (Lipinski definition) is 0. The lowest BCUT2D eigenvalue weighted by molar-refractivity contribution is 0.0868. The molecule has 138 valence electrons. The maximum Gasteiger partial charge on any atom is 0.250 e. The molecule has 0 spiro atoms. The minimum absolute atomic E-state index is 0.102. The van der Waals surface area contributed by atoms with Crippen LogP contribution in [0.2, 0.25) is 0 Å². The number of carbonyl (C=O) groups excluding carboxylic acids is 1. The van der Waals surface area contributed by atoms with Crippen LogP contribution in [0, 0.1) is 5.82 Å². The van der Waals surface area contributed by atoms with Crippen LogP contribution in [0.1, 0.15) is 22.0 Å². The minimum atomic E-state index is -0.332. The molecule has 1 aromatic heterocycles. The standard InChI is InChI=1S/C19H16FN3O3S/c1-25-14-8-5-12(9-15(14)26-2)16-10-17(24)23-19(27-16)21-18(22-23)11-3-6-13(20)7-4-11/h3-9,16H,10H2,1-2H3/t16-/m1/s1. The largest absolute Gasteiger partial charge is 0.493 e. The predicted octanol–water partition coefficient (Wildman–Crippen LogP) is 3.98. The summed E-state index contributed by atoms with van der Waals surface area (Å²) in [6.45, 7) is 0. The van der Waals surface area contributed by atoms with Gasteiger partial charge in [0.25, 0.3) is 5.91 Å². The van der Waals surface area contributed by atoms with Gasteiger partial charge in [0.1, 0.15) is 5.82 Å². The van der Waals surface area contributed by atoms with E-state index >= 15 is 0 Å². The van der Waals surface area contributed by atoms with E-state index in [-0.39, 0.29) is 17.0 Å². The van der Waals surface area contributed by atoms with Crippen molar-refractivity contribution >= 4 is 17.7 Å². The van der Waals surface area contributed by atoms with Gasteiger partial charge in [-0.15, -0.1) is 5.10 Å². The third kappa shape index (κ3) is 3.28. The van der Waals surface area contributed by atoms with Gasteiger partial charge in [-0.25, -0.2) is 9.37 Å². The van der Waals surface area contributed by atoms with Crippen molar-refractivity contribution in [3.63, 3.8) is 0 Å². The van der Waals surface area contributed by atoms with Crippen molar-refractivity contribution in [3.05, 3.63) is 53.8 Å². The highest BCUT2D eigenvalue weighted by Gasteiger charge is 2.30. The average Bonchev–Trinajstić information content (AvgIpc) is 3.12. The van der Waals surface area contributed by atoms with Gasteiger partial charge >= 0.3 is 0 Å². The van der Waals surface area contributed by atoms with Gasteiger partial charge in [0, 0.05) is 17.2 Å². The van der Waals surface area contributed by atoms with E-state index in [2.05, 4.69) is 10.1 Å². The van der Waals surface area contributed by atoms with Gasteiger partial charge in [-0.1, -0.05) is 17.8 Å². The van der Waals surface area contributed by atoms with E-state index in [0.29, 0.717) is 34.5 Å². The Labute approximate surface area is 159 Å². The Morgan fingerprint density at radius 3 is 2.56 bits per heavy atom. The minimum Gasteiger partial charge on any atom is -0.493 e. The van der Waals surface area contributed by atoms with Crippen molar-refractivity contribution in [2.75, 3.05) is 14.2 Å². The topological polar surface area (TPSA) is 66.2 Å². The molecule has 27 heavy (non-hydrogen) atoms. The van der Waals surface area contributed by atoms with E-state index in [1.54, 1.807) is 26.4 Å². The molecule has 0 N–H and O–H groups in total. The van der Waals surface area contributed by atoms with Crippen LogP contribution in [0.4, 0.5) is 4.39 Å². The highest BCUT2D eigenvalue weighted by atomic mass is 32.2. The van der Waals surface area contributed by atoms with E-state index in [9.17, 15) is 9.18 Å². The number of thioether (sulfide) groups is 1. The van der Waals surface area contributed by atoms with Crippen molar-refractivity contribution in [2.45, 2.75) is 16.8 Å². The Kier molecular flexibility index (Phi) is 4.57. The van der Waals surface area contributed by atoms with Crippen LogP contribution >= 0.6 is 11.8 Å². The molecule has 2 aromatic carbocycles. The van der Waals surface area contributed by atoms with Crippen LogP contribution in [0.15, 0.2) is 47.6 Å². The zero-order valence-corrected chi connectivity index (χ0v) is 15.5. The Hall–Kier alpha value is -2.87. The van der Waals surface area contributed by atoms with E-state index in [0.717, 1.165) is 5.56 Å². The van der Waals surface area contributed by atoms with Gasteiger partial charge in [-0.05, 0) is 42.0 Å². The number of ether oxygens (including phenoxy) is 2. The maximum absolute atomic E-state index is 13.1. The summed E-state index contributed by atoms with van der Waals surface area (Å²) in [7, 11) is 3.16. The van der Waals surface area contributed by atoms with Gasteiger partial charge in [0.05, 0.1) is 14.2 Å². The molecule has 0 bridgehead atoms. The Balaban J connectivity index is 1.65. The summed E-state index contributed by atoms with van der Waals surface area (Å²) in [5.74, 6) is 1.18. The van der Waals surface area contributed by atoms with Crippen molar-refractivity contribution < 1.29 is 18.7 Å². The van der Waals surface area contributed by atoms with Crippen LogP contribution in [-0.2, 0) is 0 Å². The Morgan fingerprint density at radius 2 is 1.85 bits per heavy atom. The lowest BCUT2D eigenvalue weighted by Crippen LogP contribution is -2.21. The number of benzene rings is 2. The quantitative estimate of drug-likeness (QED) is 0.677. The summed E-state index contributed by atoms with van der Waals surface area (Å²) in [5, 5.41) is 4.71. The van der Waals surface area contributed by atoms with Crippen LogP contribution in [0.5, 0.6) is 11.5 Å². The monoisotopic (exact) mass is 385 g/mol. The molecule has 0 radical (unpaired) electrons. The molecule has 3 aromatic rings. The number of hydrogen-bond acceptors (Lipinski definition) is 6. The molecule has 0 saturated heterocycles. The normalized spacial score (nSPS) is 16.1. The number of nitrogens with zero attached hydrogens (tertiary/aromatic N) is 3. The summed E-state index contributed by atoms with van der Waals surface area (Å²) in [5.41, 5.74) is 1.61. The van der Waals surface area contributed by atoms with Gasteiger partial charge in [-0.3, -0.25) is 4.79 Å². The van der Waals surface area contributed by atoms with Crippen molar-refractivity contribution in [2.24, 2.45) is 0 Å². The fraction of sp³-hybridized carbons (Fsp3) is 0.211.